The number of nitrogens with one attached hydrogen (secondary N) is 1. The summed E-state index contributed by atoms with van der Waals surface area (Å²) in [5, 5.41) is 3.05. The van der Waals surface area contributed by atoms with Crippen LogP contribution in [-0.2, 0) is 0 Å². The zero-order valence-electron chi connectivity index (χ0n) is 5.91. The summed E-state index contributed by atoms with van der Waals surface area (Å²) in [6.45, 7) is 7.38. The van der Waals surface area contributed by atoms with Gasteiger partial charge < -0.3 is 5.32 Å². The molecule has 50 valence electrons. The summed E-state index contributed by atoms with van der Waals surface area (Å²) in [5.74, 6) is 2.49. The van der Waals surface area contributed by atoms with Gasteiger partial charge in [-0.2, -0.15) is 0 Å². The number of terminal acetylenes is 1. The zero-order chi connectivity index (χ0) is 7.11. The minimum absolute atomic E-state index is 0.638. The average Bonchev–Trinajstić information content (AvgIpc) is 1.89. The van der Waals surface area contributed by atoms with Gasteiger partial charge in [-0.3, -0.25) is 0 Å². The SMILES string of the molecule is C#CCNCC(=C)CC. The van der Waals surface area contributed by atoms with Gasteiger partial charge in [0.15, 0.2) is 0 Å². The third kappa shape index (κ3) is 5.13. The number of hydrogen-bond acceptors (Lipinski definition) is 1. The molecule has 9 heavy (non-hydrogen) atoms. The summed E-state index contributed by atoms with van der Waals surface area (Å²) in [6, 6.07) is 0. The Morgan fingerprint density at radius 1 is 1.78 bits per heavy atom. The van der Waals surface area contributed by atoms with E-state index in [9.17, 15) is 0 Å². The van der Waals surface area contributed by atoms with E-state index in [2.05, 4.69) is 24.7 Å². The van der Waals surface area contributed by atoms with E-state index in [-0.39, 0.29) is 0 Å². The van der Waals surface area contributed by atoms with Crippen LogP contribution in [0.4, 0.5) is 0 Å². The molecule has 0 fully saturated rings. The monoisotopic (exact) mass is 123 g/mol. The fraction of sp³-hybridized carbons (Fsp3) is 0.500. The van der Waals surface area contributed by atoms with Crippen molar-refractivity contribution in [3.63, 3.8) is 0 Å². The molecule has 0 aromatic rings. The fourth-order valence-corrected chi connectivity index (χ4v) is 0.436. The quantitative estimate of drug-likeness (QED) is 0.336. The molecule has 0 aliphatic heterocycles. The lowest BCUT2D eigenvalue weighted by Gasteiger charge is -1.99. The molecule has 0 amide bonds. The first-order chi connectivity index (χ1) is 4.31. The van der Waals surface area contributed by atoms with Gasteiger partial charge in [-0.25, -0.2) is 0 Å². The molecule has 0 rings (SSSR count). The third-order valence-electron chi connectivity index (χ3n) is 1.10. The van der Waals surface area contributed by atoms with Gasteiger partial charge in [-0.1, -0.05) is 25.0 Å². The highest BCUT2D eigenvalue weighted by Gasteiger charge is 1.85. The topological polar surface area (TPSA) is 12.0 Å². The first-order valence-corrected chi connectivity index (χ1v) is 3.12. The molecule has 1 heteroatoms. The van der Waals surface area contributed by atoms with Gasteiger partial charge in [-0.05, 0) is 6.42 Å². The first kappa shape index (κ1) is 8.26. The molecule has 0 saturated heterocycles. The third-order valence-corrected chi connectivity index (χ3v) is 1.10. The van der Waals surface area contributed by atoms with E-state index >= 15 is 0 Å². The molecule has 0 atom stereocenters. The molecule has 0 aromatic carbocycles. The van der Waals surface area contributed by atoms with Crippen LogP contribution in [0.3, 0.4) is 0 Å². The molecule has 0 heterocycles. The molecule has 0 aromatic heterocycles. The lowest BCUT2D eigenvalue weighted by atomic mass is 10.2. The van der Waals surface area contributed by atoms with Crippen molar-refractivity contribution in [2.75, 3.05) is 13.1 Å². The Morgan fingerprint density at radius 2 is 2.44 bits per heavy atom. The fourth-order valence-electron chi connectivity index (χ4n) is 0.436. The summed E-state index contributed by atoms with van der Waals surface area (Å²) in [6.07, 6.45) is 6.04. The molecular formula is C8H13N. The number of rotatable bonds is 4. The van der Waals surface area contributed by atoms with Gasteiger partial charge in [0.1, 0.15) is 0 Å². The van der Waals surface area contributed by atoms with Crippen LogP contribution >= 0.6 is 0 Å². The van der Waals surface area contributed by atoms with Crippen LogP contribution in [0, 0.1) is 12.3 Å². The highest BCUT2D eigenvalue weighted by atomic mass is 14.8. The Bertz CT molecular complexity index is 119. The predicted octanol–water partition coefficient (Wildman–Crippen LogP) is 1.18. The Balaban J connectivity index is 3.09. The smallest absolute Gasteiger partial charge is 0.0576 e. The normalized spacial score (nSPS) is 8.44. The van der Waals surface area contributed by atoms with Crippen molar-refractivity contribution in [2.24, 2.45) is 0 Å². The van der Waals surface area contributed by atoms with Crippen molar-refractivity contribution < 1.29 is 0 Å². The second kappa shape index (κ2) is 5.40. The molecule has 0 saturated carbocycles. The summed E-state index contributed by atoms with van der Waals surface area (Å²) < 4.78 is 0. The molecule has 0 radical (unpaired) electrons. The van der Waals surface area contributed by atoms with Gasteiger partial charge >= 0.3 is 0 Å². The second-order valence-electron chi connectivity index (χ2n) is 1.91. The van der Waals surface area contributed by atoms with E-state index < -0.39 is 0 Å². The standard InChI is InChI=1S/C8H13N/c1-4-6-9-7-8(3)5-2/h1,9H,3,5-7H2,2H3. The number of hydrogen-bond donors (Lipinski definition) is 1. The maximum absolute atomic E-state index is 5.01. The highest BCUT2D eigenvalue weighted by molar-refractivity contribution is 4.97. The van der Waals surface area contributed by atoms with E-state index in [1.54, 1.807) is 0 Å². The van der Waals surface area contributed by atoms with Crippen molar-refractivity contribution >= 4 is 0 Å². The molecule has 1 nitrogen and oxygen atoms in total. The van der Waals surface area contributed by atoms with Gasteiger partial charge in [-0.15, -0.1) is 6.42 Å². The predicted molar refractivity (Wildman–Crippen MR) is 41.1 cm³/mol. The van der Waals surface area contributed by atoms with Crippen LogP contribution in [0.1, 0.15) is 13.3 Å². The van der Waals surface area contributed by atoms with Crippen LogP contribution in [0.15, 0.2) is 12.2 Å². The minimum atomic E-state index is 0.638. The van der Waals surface area contributed by atoms with Gasteiger partial charge in [0.05, 0.1) is 6.54 Å². The van der Waals surface area contributed by atoms with Gasteiger partial charge in [0.2, 0.25) is 0 Å². The lowest BCUT2D eigenvalue weighted by Crippen LogP contribution is -2.16. The summed E-state index contributed by atoms with van der Waals surface area (Å²) in [5.41, 5.74) is 1.20. The van der Waals surface area contributed by atoms with Crippen LogP contribution in [0.25, 0.3) is 0 Å². The molecular weight excluding hydrogens is 110 g/mol. The zero-order valence-corrected chi connectivity index (χ0v) is 5.91. The Labute approximate surface area is 57.2 Å². The van der Waals surface area contributed by atoms with Gasteiger partial charge in [0, 0.05) is 6.54 Å². The van der Waals surface area contributed by atoms with E-state index in [0.717, 1.165) is 13.0 Å². The maximum Gasteiger partial charge on any atom is 0.0576 e. The van der Waals surface area contributed by atoms with Crippen LogP contribution < -0.4 is 5.32 Å². The molecule has 0 aliphatic rings. The Kier molecular flexibility index (Phi) is 4.95. The highest BCUT2D eigenvalue weighted by Crippen LogP contribution is 1.91. The maximum atomic E-state index is 5.01. The lowest BCUT2D eigenvalue weighted by molar-refractivity contribution is 0.804. The van der Waals surface area contributed by atoms with Crippen molar-refractivity contribution in [1.29, 1.82) is 0 Å². The van der Waals surface area contributed by atoms with Crippen molar-refractivity contribution in [1.82, 2.24) is 5.32 Å². The molecule has 0 unspecified atom stereocenters. The molecule has 0 spiro atoms. The largest absolute Gasteiger partial charge is 0.302 e. The summed E-state index contributed by atoms with van der Waals surface area (Å²) in [4.78, 5) is 0. The van der Waals surface area contributed by atoms with Crippen molar-refractivity contribution in [3.8, 4) is 12.3 Å². The van der Waals surface area contributed by atoms with Crippen LogP contribution in [0.2, 0.25) is 0 Å². The Morgan fingerprint density at radius 3 is 2.89 bits per heavy atom. The minimum Gasteiger partial charge on any atom is -0.302 e. The Hall–Kier alpha value is -0.740. The van der Waals surface area contributed by atoms with Crippen LogP contribution in [0.5, 0.6) is 0 Å². The molecule has 1 N–H and O–H groups in total. The van der Waals surface area contributed by atoms with E-state index in [4.69, 9.17) is 6.42 Å². The summed E-state index contributed by atoms with van der Waals surface area (Å²) in [7, 11) is 0. The average molecular weight is 123 g/mol. The molecule has 0 aliphatic carbocycles. The summed E-state index contributed by atoms with van der Waals surface area (Å²) >= 11 is 0. The van der Waals surface area contributed by atoms with Crippen LogP contribution in [-0.4, -0.2) is 13.1 Å². The van der Waals surface area contributed by atoms with E-state index in [1.165, 1.54) is 5.57 Å². The van der Waals surface area contributed by atoms with Gasteiger partial charge in [0.25, 0.3) is 0 Å². The second-order valence-corrected chi connectivity index (χ2v) is 1.91. The van der Waals surface area contributed by atoms with E-state index in [1.807, 2.05) is 0 Å². The van der Waals surface area contributed by atoms with E-state index in [0.29, 0.717) is 6.54 Å². The van der Waals surface area contributed by atoms with Crippen molar-refractivity contribution in [3.05, 3.63) is 12.2 Å². The molecule has 0 bridgehead atoms. The van der Waals surface area contributed by atoms with Crippen molar-refractivity contribution in [2.45, 2.75) is 13.3 Å². The first-order valence-electron chi connectivity index (χ1n) is 3.12.